The van der Waals surface area contributed by atoms with Gasteiger partial charge in [0.15, 0.2) is 5.03 Å². The van der Waals surface area contributed by atoms with E-state index >= 15 is 0 Å². The fourth-order valence-corrected chi connectivity index (χ4v) is 5.41. The molecule has 0 aliphatic heterocycles. The largest absolute Gasteiger partial charge is 0.497 e. The summed E-state index contributed by atoms with van der Waals surface area (Å²) in [6.07, 6.45) is 7.52. The number of nitrogens with zero attached hydrogens (tertiary/aromatic N) is 2. The van der Waals surface area contributed by atoms with Crippen molar-refractivity contribution in [3.8, 4) is 5.75 Å². The van der Waals surface area contributed by atoms with E-state index in [1.807, 2.05) is 0 Å². The number of methoxy groups -OCH3 is 1. The van der Waals surface area contributed by atoms with E-state index in [1.165, 1.54) is 42.5 Å². The quantitative estimate of drug-likeness (QED) is 0.226. The van der Waals surface area contributed by atoms with Crippen molar-refractivity contribution in [3.05, 3.63) is 108 Å². The Labute approximate surface area is 234 Å². The van der Waals surface area contributed by atoms with Gasteiger partial charge in [0, 0.05) is 37.5 Å². The zero-order valence-corrected chi connectivity index (χ0v) is 23.1. The van der Waals surface area contributed by atoms with Crippen molar-refractivity contribution in [2.24, 2.45) is 0 Å². The zero-order chi connectivity index (χ0) is 29.3. The molecule has 0 fully saturated rings. The standard InChI is InChI=1S/C30H31N3O6S/c1-5-16-33(17-6-2)27(34)14-9-22-18-21(3)28(26(19-22)30(35)36)32-20-23-8-7-15-31-29(23)40(37,38)25-12-10-24(39-4)11-13-25/h5-15,18-19,32H,1-2,16-17,20H2,3-4H3,(H,35,36)/b14-9+. The van der Waals surface area contributed by atoms with Crippen LogP contribution in [-0.4, -0.2) is 55.5 Å². The fourth-order valence-electron chi connectivity index (χ4n) is 4.00. The minimum absolute atomic E-state index is 0.00537. The molecule has 0 bridgehead atoms. The van der Waals surface area contributed by atoms with E-state index < -0.39 is 15.8 Å². The second-order valence-electron chi connectivity index (χ2n) is 8.72. The van der Waals surface area contributed by atoms with Crippen LogP contribution in [0.4, 0.5) is 5.69 Å². The van der Waals surface area contributed by atoms with Crippen LogP contribution in [0.5, 0.6) is 5.75 Å². The Bertz CT molecular complexity index is 1540. The van der Waals surface area contributed by atoms with Gasteiger partial charge >= 0.3 is 5.97 Å². The summed E-state index contributed by atoms with van der Waals surface area (Å²) in [5, 5.41) is 12.9. The minimum atomic E-state index is -3.95. The van der Waals surface area contributed by atoms with Gasteiger partial charge in [0.05, 0.1) is 23.3 Å². The number of hydrogen-bond donors (Lipinski definition) is 2. The first-order valence-electron chi connectivity index (χ1n) is 12.3. The molecule has 3 aromatic rings. The molecule has 0 atom stereocenters. The maximum Gasteiger partial charge on any atom is 0.337 e. The van der Waals surface area contributed by atoms with Crippen molar-refractivity contribution >= 4 is 33.5 Å². The average Bonchev–Trinajstić information content (AvgIpc) is 2.95. The number of ether oxygens (including phenoxy) is 1. The molecule has 0 unspecified atom stereocenters. The Kier molecular flexibility index (Phi) is 9.99. The number of amides is 1. The van der Waals surface area contributed by atoms with Crippen molar-refractivity contribution in [1.82, 2.24) is 9.88 Å². The molecule has 1 amide bonds. The van der Waals surface area contributed by atoms with E-state index in [-0.39, 0.29) is 27.9 Å². The number of nitrogens with one attached hydrogen (secondary N) is 1. The van der Waals surface area contributed by atoms with Gasteiger partial charge in [-0.05, 0) is 66.6 Å². The summed E-state index contributed by atoms with van der Waals surface area (Å²) in [5.74, 6) is -0.921. The van der Waals surface area contributed by atoms with Gasteiger partial charge in [-0.2, -0.15) is 0 Å². The molecule has 3 rings (SSSR count). The van der Waals surface area contributed by atoms with Crippen LogP contribution in [0.3, 0.4) is 0 Å². The van der Waals surface area contributed by atoms with Crippen LogP contribution in [0.2, 0.25) is 0 Å². The molecule has 0 aliphatic rings. The number of carbonyl (C=O) groups excluding carboxylic acids is 1. The molecule has 1 heterocycles. The third kappa shape index (κ3) is 7.03. The van der Waals surface area contributed by atoms with Gasteiger partial charge in [0.1, 0.15) is 5.75 Å². The SMILES string of the molecule is C=CCN(CC=C)C(=O)/C=C/c1cc(C)c(NCc2cccnc2S(=O)(=O)c2ccc(OC)cc2)c(C(=O)O)c1. The van der Waals surface area contributed by atoms with Gasteiger partial charge in [-0.1, -0.05) is 18.2 Å². The van der Waals surface area contributed by atoms with E-state index in [1.54, 1.807) is 55.5 Å². The van der Waals surface area contributed by atoms with Gasteiger partial charge in [0.25, 0.3) is 0 Å². The molecule has 9 nitrogen and oxygen atoms in total. The molecule has 0 saturated heterocycles. The summed E-state index contributed by atoms with van der Waals surface area (Å²) in [4.78, 5) is 30.4. The molecule has 2 aromatic carbocycles. The number of aromatic nitrogens is 1. The van der Waals surface area contributed by atoms with E-state index in [4.69, 9.17) is 4.74 Å². The lowest BCUT2D eigenvalue weighted by atomic mass is 10.0. The van der Waals surface area contributed by atoms with Gasteiger partial charge in [-0.15, -0.1) is 13.2 Å². The first-order valence-corrected chi connectivity index (χ1v) is 13.7. The lowest BCUT2D eigenvalue weighted by Crippen LogP contribution is -2.29. The molecule has 2 N–H and O–H groups in total. The summed E-state index contributed by atoms with van der Waals surface area (Å²) in [7, 11) is -2.46. The van der Waals surface area contributed by atoms with Crippen LogP contribution >= 0.6 is 0 Å². The van der Waals surface area contributed by atoms with Crippen LogP contribution in [0.15, 0.2) is 96.0 Å². The van der Waals surface area contributed by atoms with E-state index in [9.17, 15) is 23.1 Å². The highest BCUT2D eigenvalue weighted by Gasteiger charge is 2.23. The molecule has 0 radical (unpaired) electrons. The highest BCUT2D eigenvalue weighted by atomic mass is 32.2. The first kappa shape index (κ1) is 29.9. The summed E-state index contributed by atoms with van der Waals surface area (Å²) in [6.45, 7) is 9.73. The van der Waals surface area contributed by atoms with Gasteiger partial charge in [-0.25, -0.2) is 18.2 Å². The summed E-state index contributed by atoms with van der Waals surface area (Å²) < 4.78 is 31.8. The molecule has 0 aliphatic carbocycles. The Morgan fingerprint density at radius 1 is 1.10 bits per heavy atom. The van der Waals surface area contributed by atoms with Crippen LogP contribution in [0, 0.1) is 6.92 Å². The minimum Gasteiger partial charge on any atom is -0.497 e. The maximum atomic E-state index is 13.3. The highest BCUT2D eigenvalue weighted by Crippen LogP contribution is 2.28. The van der Waals surface area contributed by atoms with Crippen LogP contribution in [0.25, 0.3) is 6.08 Å². The number of carboxylic acid groups (broad SMARTS) is 1. The predicted octanol–water partition coefficient (Wildman–Crippen LogP) is 4.76. The number of sulfone groups is 1. The molecule has 40 heavy (non-hydrogen) atoms. The second kappa shape index (κ2) is 13.4. The molecule has 0 spiro atoms. The fraction of sp³-hybridized carbons (Fsp3) is 0.167. The number of hydrogen-bond acceptors (Lipinski definition) is 7. The van der Waals surface area contributed by atoms with Crippen LogP contribution < -0.4 is 10.1 Å². The Morgan fingerprint density at radius 3 is 2.38 bits per heavy atom. The molecule has 0 saturated carbocycles. The lowest BCUT2D eigenvalue weighted by Gasteiger charge is -2.17. The summed E-state index contributed by atoms with van der Waals surface area (Å²) >= 11 is 0. The second-order valence-corrected chi connectivity index (χ2v) is 10.6. The van der Waals surface area contributed by atoms with Crippen LogP contribution in [0.1, 0.15) is 27.0 Å². The normalized spacial score (nSPS) is 11.2. The predicted molar refractivity (Wildman–Crippen MR) is 154 cm³/mol. The number of anilines is 1. The Hall–Kier alpha value is -4.70. The Balaban J connectivity index is 1.89. The van der Waals surface area contributed by atoms with Gasteiger partial charge in [-0.3, -0.25) is 4.79 Å². The van der Waals surface area contributed by atoms with Crippen molar-refractivity contribution in [1.29, 1.82) is 0 Å². The number of aromatic carboxylic acids is 1. The van der Waals surface area contributed by atoms with Crippen molar-refractivity contribution < 1.29 is 27.9 Å². The summed E-state index contributed by atoms with van der Waals surface area (Å²) in [5.41, 5.74) is 1.80. The molecule has 208 valence electrons. The number of benzene rings is 2. The highest BCUT2D eigenvalue weighted by molar-refractivity contribution is 7.91. The lowest BCUT2D eigenvalue weighted by molar-refractivity contribution is -0.125. The number of aryl methyl sites for hydroxylation is 1. The Morgan fingerprint density at radius 2 is 1.77 bits per heavy atom. The molecule has 1 aromatic heterocycles. The zero-order valence-electron chi connectivity index (χ0n) is 22.3. The number of pyridine rings is 1. The molecular weight excluding hydrogens is 530 g/mol. The molecular formula is C30H31N3O6S. The number of carboxylic acids is 1. The van der Waals surface area contributed by atoms with Crippen LogP contribution in [-0.2, 0) is 21.2 Å². The van der Waals surface area contributed by atoms with Gasteiger partial charge in [0.2, 0.25) is 15.7 Å². The van der Waals surface area contributed by atoms with E-state index in [2.05, 4.69) is 23.5 Å². The monoisotopic (exact) mass is 561 g/mol. The van der Waals surface area contributed by atoms with E-state index in [0.29, 0.717) is 41.2 Å². The average molecular weight is 562 g/mol. The van der Waals surface area contributed by atoms with Crippen molar-refractivity contribution in [2.45, 2.75) is 23.4 Å². The molecule has 10 heteroatoms. The number of carbonyl (C=O) groups is 2. The van der Waals surface area contributed by atoms with Crippen molar-refractivity contribution in [3.63, 3.8) is 0 Å². The third-order valence-electron chi connectivity index (χ3n) is 5.95. The maximum absolute atomic E-state index is 13.3. The van der Waals surface area contributed by atoms with Gasteiger partial charge < -0.3 is 20.1 Å². The topological polar surface area (TPSA) is 126 Å². The number of rotatable bonds is 13. The van der Waals surface area contributed by atoms with E-state index in [0.717, 1.165) is 0 Å². The smallest absolute Gasteiger partial charge is 0.337 e. The summed E-state index contributed by atoms with van der Waals surface area (Å²) in [6, 6.07) is 12.4. The third-order valence-corrected chi connectivity index (χ3v) is 7.72. The van der Waals surface area contributed by atoms with Crippen molar-refractivity contribution in [2.75, 3.05) is 25.5 Å². The first-order chi connectivity index (χ1) is 19.1.